The van der Waals surface area contributed by atoms with Crippen LogP contribution in [0.2, 0.25) is 0 Å². The topological polar surface area (TPSA) is 107 Å². The number of halogens is 3. The summed E-state index contributed by atoms with van der Waals surface area (Å²) in [5.74, 6) is -4.83. The molecule has 138 valence electrons. The van der Waals surface area contributed by atoms with Crippen molar-refractivity contribution in [3.8, 4) is 0 Å². The van der Waals surface area contributed by atoms with Crippen LogP contribution in [0.5, 0.6) is 0 Å². The number of benzene rings is 1. The van der Waals surface area contributed by atoms with Crippen LogP contribution in [0, 0.1) is 5.92 Å². The minimum atomic E-state index is -4.79. The van der Waals surface area contributed by atoms with Crippen molar-refractivity contribution in [3.63, 3.8) is 0 Å². The van der Waals surface area contributed by atoms with Crippen molar-refractivity contribution in [2.24, 2.45) is 5.92 Å². The van der Waals surface area contributed by atoms with Gasteiger partial charge in [-0.2, -0.15) is 13.2 Å². The summed E-state index contributed by atoms with van der Waals surface area (Å²) >= 11 is 0. The number of carboxylic acid groups (broad SMARTS) is 1. The standard InChI is InChI=1S/C15H17F3N2O5/c16-15(17,18)7-12(21)20(25)9-11(14(24)19-8-13(22)23)6-10-4-2-1-3-5-10/h1-5,11,25H,6-9H2,(H,19,24)(H,22,23). The minimum absolute atomic E-state index is 0.00263. The van der Waals surface area contributed by atoms with E-state index >= 15 is 0 Å². The third-order valence-corrected chi connectivity index (χ3v) is 3.14. The van der Waals surface area contributed by atoms with Crippen LogP contribution in [0.15, 0.2) is 30.3 Å². The predicted molar refractivity (Wildman–Crippen MR) is 78.5 cm³/mol. The lowest BCUT2D eigenvalue weighted by atomic mass is 9.98. The maximum absolute atomic E-state index is 12.2. The van der Waals surface area contributed by atoms with Gasteiger partial charge in [-0.1, -0.05) is 30.3 Å². The highest BCUT2D eigenvalue weighted by molar-refractivity contribution is 5.84. The first-order valence-electron chi connectivity index (χ1n) is 7.18. The average Bonchev–Trinajstić information content (AvgIpc) is 2.51. The Morgan fingerprint density at radius 3 is 2.28 bits per heavy atom. The zero-order valence-electron chi connectivity index (χ0n) is 13.0. The Balaban J connectivity index is 2.80. The maximum Gasteiger partial charge on any atom is 0.397 e. The molecule has 0 spiro atoms. The van der Waals surface area contributed by atoms with E-state index in [1.54, 1.807) is 30.3 Å². The number of carbonyl (C=O) groups is 3. The lowest BCUT2D eigenvalue weighted by Gasteiger charge is -2.22. The number of nitrogens with one attached hydrogen (secondary N) is 1. The van der Waals surface area contributed by atoms with Gasteiger partial charge in [0.25, 0.3) is 5.91 Å². The number of rotatable bonds is 8. The summed E-state index contributed by atoms with van der Waals surface area (Å²) in [6.45, 7) is -1.39. The average molecular weight is 362 g/mol. The fourth-order valence-electron chi connectivity index (χ4n) is 2.02. The number of hydrogen-bond acceptors (Lipinski definition) is 4. The highest BCUT2D eigenvalue weighted by atomic mass is 19.4. The van der Waals surface area contributed by atoms with Crippen molar-refractivity contribution < 1.29 is 37.9 Å². The van der Waals surface area contributed by atoms with E-state index in [-0.39, 0.29) is 11.5 Å². The third-order valence-electron chi connectivity index (χ3n) is 3.14. The van der Waals surface area contributed by atoms with E-state index in [1.807, 2.05) is 0 Å². The highest BCUT2D eigenvalue weighted by Gasteiger charge is 2.34. The first-order chi connectivity index (χ1) is 11.6. The molecular weight excluding hydrogens is 345 g/mol. The van der Waals surface area contributed by atoms with Crippen molar-refractivity contribution in [3.05, 3.63) is 35.9 Å². The Bertz CT molecular complexity index is 607. The molecule has 0 aromatic heterocycles. The summed E-state index contributed by atoms with van der Waals surface area (Å²) in [6, 6.07) is 8.36. The summed E-state index contributed by atoms with van der Waals surface area (Å²) in [5, 5.41) is 20.0. The molecule has 10 heteroatoms. The van der Waals surface area contributed by atoms with Gasteiger partial charge in [-0.25, -0.2) is 5.06 Å². The summed E-state index contributed by atoms with van der Waals surface area (Å²) in [6.07, 6.45) is -6.65. The van der Waals surface area contributed by atoms with Gasteiger partial charge in [-0.15, -0.1) is 0 Å². The van der Waals surface area contributed by atoms with Gasteiger partial charge in [0.15, 0.2) is 0 Å². The van der Waals surface area contributed by atoms with Gasteiger partial charge in [0.2, 0.25) is 5.91 Å². The van der Waals surface area contributed by atoms with Crippen molar-refractivity contribution in [1.29, 1.82) is 0 Å². The largest absolute Gasteiger partial charge is 0.480 e. The zero-order valence-corrected chi connectivity index (χ0v) is 13.0. The summed E-state index contributed by atoms with van der Waals surface area (Å²) in [5.41, 5.74) is 0.634. The number of carbonyl (C=O) groups excluding carboxylic acids is 2. The number of amides is 2. The van der Waals surface area contributed by atoms with E-state index in [9.17, 15) is 32.8 Å². The van der Waals surface area contributed by atoms with Gasteiger partial charge in [0.1, 0.15) is 13.0 Å². The maximum atomic E-state index is 12.2. The van der Waals surface area contributed by atoms with E-state index in [2.05, 4.69) is 5.32 Å². The van der Waals surface area contributed by atoms with Gasteiger partial charge in [-0.3, -0.25) is 19.6 Å². The second-order valence-corrected chi connectivity index (χ2v) is 5.27. The van der Waals surface area contributed by atoms with E-state index in [0.717, 1.165) is 0 Å². The van der Waals surface area contributed by atoms with Crippen LogP contribution in [0.4, 0.5) is 13.2 Å². The summed E-state index contributed by atoms with van der Waals surface area (Å²) < 4.78 is 36.6. The number of alkyl halides is 3. The number of carboxylic acids is 1. The molecule has 25 heavy (non-hydrogen) atoms. The van der Waals surface area contributed by atoms with Gasteiger partial charge in [0, 0.05) is 0 Å². The van der Waals surface area contributed by atoms with Gasteiger partial charge < -0.3 is 10.4 Å². The molecule has 0 saturated heterocycles. The lowest BCUT2D eigenvalue weighted by molar-refractivity contribution is -0.189. The van der Waals surface area contributed by atoms with Gasteiger partial charge in [-0.05, 0) is 12.0 Å². The molecule has 3 N–H and O–H groups in total. The van der Waals surface area contributed by atoms with Crippen molar-refractivity contribution in [2.75, 3.05) is 13.1 Å². The Labute approximate surface area is 141 Å². The molecule has 0 aliphatic rings. The van der Waals surface area contributed by atoms with Crippen molar-refractivity contribution in [2.45, 2.75) is 19.0 Å². The van der Waals surface area contributed by atoms with Crippen molar-refractivity contribution >= 4 is 17.8 Å². The number of hydroxylamine groups is 2. The molecule has 0 heterocycles. The molecule has 1 rings (SSSR count). The van der Waals surface area contributed by atoms with Gasteiger partial charge in [0.05, 0.1) is 12.5 Å². The highest BCUT2D eigenvalue weighted by Crippen LogP contribution is 2.21. The second kappa shape index (κ2) is 9.02. The van der Waals surface area contributed by atoms with Gasteiger partial charge >= 0.3 is 12.1 Å². The number of hydrogen-bond donors (Lipinski definition) is 3. The van der Waals surface area contributed by atoms with Crippen LogP contribution >= 0.6 is 0 Å². The lowest BCUT2D eigenvalue weighted by Crippen LogP contribution is -2.43. The second-order valence-electron chi connectivity index (χ2n) is 5.27. The molecule has 0 saturated carbocycles. The molecular formula is C15H17F3N2O5. The SMILES string of the molecule is O=C(O)CNC(=O)C(Cc1ccccc1)CN(O)C(=O)CC(F)(F)F. The van der Waals surface area contributed by atoms with Crippen LogP contribution in [-0.4, -0.2) is 52.4 Å². The van der Waals surface area contributed by atoms with Crippen LogP contribution in [0.25, 0.3) is 0 Å². The van der Waals surface area contributed by atoms with E-state index < -0.39 is 49.4 Å². The quantitative estimate of drug-likeness (QED) is 0.476. The van der Waals surface area contributed by atoms with Crippen LogP contribution in [0.1, 0.15) is 12.0 Å². The first kappa shape index (κ1) is 20.4. The fourth-order valence-corrected chi connectivity index (χ4v) is 2.02. The van der Waals surface area contributed by atoms with Crippen molar-refractivity contribution in [1.82, 2.24) is 10.4 Å². The molecule has 0 fully saturated rings. The molecule has 1 aromatic rings. The van der Waals surface area contributed by atoms with Crippen LogP contribution < -0.4 is 5.32 Å². The Morgan fingerprint density at radius 2 is 1.76 bits per heavy atom. The summed E-state index contributed by atoms with van der Waals surface area (Å²) in [4.78, 5) is 33.9. The van der Waals surface area contributed by atoms with E-state index in [0.29, 0.717) is 5.56 Å². The molecule has 2 amide bonds. The predicted octanol–water partition coefficient (Wildman–Crippen LogP) is 1.22. The van der Waals surface area contributed by atoms with Crippen LogP contribution in [0.3, 0.4) is 0 Å². The Morgan fingerprint density at radius 1 is 1.16 bits per heavy atom. The third kappa shape index (κ3) is 8.15. The molecule has 1 aromatic carbocycles. The Hall–Kier alpha value is -2.62. The minimum Gasteiger partial charge on any atom is -0.480 e. The molecule has 0 aliphatic heterocycles. The summed E-state index contributed by atoms with van der Waals surface area (Å²) in [7, 11) is 0. The molecule has 0 radical (unpaired) electrons. The Kier molecular flexibility index (Phi) is 7.37. The fraction of sp³-hybridized carbons (Fsp3) is 0.400. The molecule has 1 atom stereocenters. The normalized spacial score (nSPS) is 12.3. The first-order valence-corrected chi connectivity index (χ1v) is 7.18. The molecule has 0 aliphatic carbocycles. The van der Waals surface area contributed by atoms with E-state index in [4.69, 9.17) is 5.11 Å². The molecule has 1 unspecified atom stereocenters. The molecule has 7 nitrogen and oxygen atoms in total. The van der Waals surface area contributed by atoms with Crippen LogP contribution in [-0.2, 0) is 20.8 Å². The molecule has 0 bridgehead atoms. The monoisotopic (exact) mass is 362 g/mol. The van der Waals surface area contributed by atoms with E-state index in [1.165, 1.54) is 0 Å². The number of aliphatic carboxylic acids is 1. The zero-order chi connectivity index (χ0) is 19.0. The smallest absolute Gasteiger partial charge is 0.397 e. The number of nitrogens with zero attached hydrogens (tertiary/aromatic N) is 1.